The van der Waals surface area contributed by atoms with Crippen LogP contribution in [0.25, 0.3) is 0 Å². The average Bonchev–Trinajstić information content (AvgIpc) is 3.42. The van der Waals surface area contributed by atoms with Crippen LogP contribution in [0.4, 0.5) is 4.79 Å². The van der Waals surface area contributed by atoms with Crippen molar-refractivity contribution in [2.75, 3.05) is 6.54 Å². The summed E-state index contributed by atoms with van der Waals surface area (Å²) in [4.78, 5) is 67.1. The fourth-order valence-electron chi connectivity index (χ4n) is 6.83. The van der Waals surface area contributed by atoms with Crippen molar-refractivity contribution in [1.82, 2.24) is 20.9 Å². The molecule has 0 bridgehead atoms. The van der Waals surface area contributed by atoms with Crippen LogP contribution in [0, 0.1) is 23.7 Å². The Morgan fingerprint density at radius 3 is 2.16 bits per heavy atom. The third-order valence-corrected chi connectivity index (χ3v) is 8.85. The predicted octanol–water partition coefficient (Wildman–Crippen LogP) is 3.10. The monoisotopic (exact) mass is 530 g/mol. The molecule has 0 aromatic carbocycles. The SMILES string of the molecule is CC(=O)C(=O)C(CC1CC1)NC(=O)[C@@H]1[C@H]2CCC[C@H]2CN1C(=O)[C@@H](NC(=O)NC(C)(C)C)C1CCCCC1. The number of nitrogens with one attached hydrogen (secondary N) is 3. The van der Waals surface area contributed by atoms with Crippen molar-refractivity contribution in [2.24, 2.45) is 23.7 Å². The molecule has 3 saturated carbocycles. The Balaban J connectivity index is 1.55. The molecule has 9 nitrogen and oxygen atoms in total. The van der Waals surface area contributed by atoms with Crippen molar-refractivity contribution in [3.8, 4) is 0 Å². The van der Waals surface area contributed by atoms with Crippen molar-refractivity contribution < 1.29 is 24.0 Å². The number of carbonyl (C=O) groups is 5. The Kier molecular flexibility index (Phi) is 8.82. The molecule has 0 radical (unpaired) electrons. The number of nitrogens with zero attached hydrogens (tertiary/aromatic N) is 1. The first-order chi connectivity index (χ1) is 17.9. The van der Waals surface area contributed by atoms with E-state index in [9.17, 15) is 24.0 Å². The van der Waals surface area contributed by atoms with Gasteiger partial charge in [-0.2, -0.15) is 0 Å². The van der Waals surface area contributed by atoms with E-state index in [-0.39, 0.29) is 35.6 Å². The maximum atomic E-state index is 14.2. The lowest BCUT2D eigenvalue weighted by atomic mass is 9.83. The van der Waals surface area contributed by atoms with E-state index in [1.807, 2.05) is 20.8 Å². The molecule has 212 valence electrons. The number of likely N-dealkylation sites (tertiary alicyclic amines) is 1. The minimum atomic E-state index is -0.838. The number of fused-ring (bicyclic) bond motifs is 1. The first kappa shape index (κ1) is 28.6. The summed E-state index contributed by atoms with van der Waals surface area (Å²) in [6, 6.07) is -2.60. The summed E-state index contributed by atoms with van der Waals surface area (Å²) in [5.41, 5.74) is -0.447. The Morgan fingerprint density at radius 2 is 1.55 bits per heavy atom. The molecule has 4 rings (SSSR count). The number of rotatable bonds is 9. The molecule has 9 heteroatoms. The quantitative estimate of drug-likeness (QED) is 0.395. The first-order valence-corrected chi connectivity index (χ1v) is 14.7. The van der Waals surface area contributed by atoms with Gasteiger partial charge in [0, 0.05) is 19.0 Å². The number of carbonyl (C=O) groups excluding carboxylic acids is 5. The average molecular weight is 531 g/mol. The molecule has 1 saturated heterocycles. The van der Waals surface area contributed by atoms with Crippen molar-refractivity contribution >= 4 is 29.4 Å². The minimum Gasteiger partial charge on any atom is -0.344 e. The van der Waals surface area contributed by atoms with Gasteiger partial charge in [-0.05, 0) is 76.5 Å². The van der Waals surface area contributed by atoms with E-state index >= 15 is 0 Å². The Bertz CT molecular complexity index is 934. The molecule has 4 aliphatic rings. The van der Waals surface area contributed by atoms with Crippen LogP contribution >= 0.6 is 0 Å². The second kappa shape index (κ2) is 11.7. The summed E-state index contributed by atoms with van der Waals surface area (Å²) in [6.07, 6.45) is 10.2. The molecule has 38 heavy (non-hydrogen) atoms. The minimum absolute atomic E-state index is 0.0213. The van der Waals surface area contributed by atoms with Crippen LogP contribution in [0.3, 0.4) is 0 Å². The molecule has 3 aliphatic carbocycles. The van der Waals surface area contributed by atoms with Gasteiger partial charge < -0.3 is 20.9 Å². The smallest absolute Gasteiger partial charge is 0.315 e. The molecule has 0 spiro atoms. The van der Waals surface area contributed by atoms with Crippen LogP contribution in [0.15, 0.2) is 0 Å². The topological polar surface area (TPSA) is 125 Å². The zero-order valence-electron chi connectivity index (χ0n) is 23.5. The highest BCUT2D eigenvalue weighted by atomic mass is 16.2. The fraction of sp³-hybridized carbons (Fsp3) is 0.828. The van der Waals surface area contributed by atoms with Crippen LogP contribution in [-0.2, 0) is 19.2 Å². The summed E-state index contributed by atoms with van der Waals surface area (Å²) < 4.78 is 0. The van der Waals surface area contributed by atoms with Gasteiger partial charge in [0.15, 0.2) is 5.78 Å². The summed E-state index contributed by atoms with van der Waals surface area (Å²) in [5, 5.41) is 8.79. The Hall–Kier alpha value is -2.45. The van der Waals surface area contributed by atoms with Gasteiger partial charge in [-0.3, -0.25) is 19.2 Å². The summed E-state index contributed by atoms with van der Waals surface area (Å²) in [7, 11) is 0. The van der Waals surface area contributed by atoms with Crippen molar-refractivity contribution in [1.29, 1.82) is 0 Å². The molecule has 4 fully saturated rings. The standard InChI is InChI=1S/C29H46N4O5/c1-17(34)25(35)22(15-18-13-14-18)30-26(36)24-21-12-8-11-20(21)16-33(24)27(37)23(19-9-6-5-7-10-19)31-28(38)32-29(2,3)4/h18-24H,5-16H2,1-4H3,(H,30,36)(H2,31,32,38)/t20-,21-,22?,23-,24-/m0/s1. The molecule has 1 aliphatic heterocycles. The Labute approximate surface area is 226 Å². The molecule has 1 unspecified atom stereocenters. The normalized spacial score (nSPS) is 27.3. The van der Waals surface area contributed by atoms with Gasteiger partial charge in [-0.1, -0.05) is 38.5 Å². The summed E-state index contributed by atoms with van der Waals surface area (Å²) >= 11 is 0. The van der Waals surface area contributed by atoms with Gasteiger partial charge in [-0.25, -0.2) is 4.79 Å². The van der Waals surface area contributed by atoms with Crippen molar-refractivity contribution in [3.63, 3.8) is 0 Å². The molecule has 5 atom stereocenters. The maximum Gasteiger partial charge on any atom is 0.315 e. The van der Waals surface area contributed by atoms with E-state index < -0.39 is 35.2 Å². The molecule has 0 aromatic rings. The van der Waals surface area contributed by atoms with E-state index in [1.54, 1.807) is 4.90 Å². The molecule has 1 heterocycles. The van der Waals surface area contributed by atoms with E-state index in [0.29, 0.717) is 18.9 Å². The van der Waals surface area contributed by atoms with Crippen molar-refractivity contribution in [2.45, 2.75) is 122 Å². The lowest BCUT2D eigenvalue weighted by Crippen LogP contribution is -2.60. The molecular weight excluding hydrogens is 484 g/mol. The number of urea groups is 1. The number of hydrogen-bond donors (Lipinski definition) is 3. The molecule has 0 aromatic heterocycles. The van der Waals surface area contributed by atoms with Crippen LogP contribution < -0.4 is 16.0 Å². The zero-order chi connectivity index (χ0) is 27.6. The lowest BCUT2D eigenvalue weighted by molar-refractivity contribution is -0.143. The summed E-state index contributed by atoms with van der Waals surface area (Å²) in [6.45, 7) is 7.42. The molecule has 3 N–H and O–H groups in total. The number of ketones is 2. The third-order valence-electron chi connectivity index (χ3n) is 8.85. The van der Waals surface area contributed by atoms with E-state index in [4.69, 9.17) is 0 Å². The highest BCUT2D eigenvalue weighted by Crippen LogP contribution is 2.43. The van der Waals surface area contributed by atoms with E-state index in [1.165, 1.54) is 6.92 Å². The third kappa shape index (κ3) is 6.94. The van der Waals surface area contributed by atoms with Crippen LogP contribution in [-0.4, -0.2) is 64.5 Å². The second-order valence-electron chi connectivity index (χ2n) is 13.2. The largest absolute Gasteiger partial charge is 0.344 e. The van der Waals surface area contributed by atoms with E-state index in [0.717, 1.165) is 64.2 Å². The number of hydrogen-bond acceptors (Lipinski definition) is 5. The van der Waals surface area contributed by atoms with Crippen LogP contribution in [0.1, 0.15) is 98.3 Å². The fourth-order valence-corrected chi connectivity index (χ4v) is 6.83. The van der Waals surface area contributed by atoms with Gasteiger partial charge in [-0.15, -0.1) is 0 Å². The zero-order valence-corrected chi connectivity index (χ0v) is 23.5. The van der Waals surface area contributed by atoms with Gasteiger partial charge >= 0.3 is 6.03 Å². The number of amides is 4. The van der Waals surface area contributed by atoms with Gasteiger partial charge in [0.25, 0.3) is 0 Å². The molecular formula is C29H46N4O5. The van der Waals surface area contributed by atoms with Crippen molar-refractivity contribution in [3.05, 3.63) is 0 Å². The van der Waals surface area contributed by atoms with Gasteiger partial charge in [0.1, 0.15) is 12.1 Å². The Morgan fingerprint density at radius 1 is 0.868 bits per heavy atom. The second-order valence-corrected chi connectivity index (χ2v) is 13.2. The first-order valence-electron chi connectivity index (χ1n) is 14.7. The predicted molar refractivity (Wildman–Crippen MR) is 143 cm³/mol. The maximum absolute atomic E-state index is 14.2. The number of Topliss-reactive ketones (excluding diaryl/α,β-unsaturated/α-hetero) is 2. The molecule has 4 amide bonds. The summed E-state index contributed by atoms with van der Waals surface area (Å²) in [5.74, 6) is -1.02. The van der Waals surface area contributed by atoms with Crippen LogP contribution in [0.2, 0.25) is 0 Å². The van der Waals surface area contributed by atoms with Gasteiger partial charge in [0.2, 0.25) is 17.6 Å². The van der Waals surface area contributed by atoms with E-state index in [2.05, 4.69) is 16.0 Å². The highest BCUT2D eigenvalue weighted by molar-refractivity contribution is 6.38. The van der Waals surface area contributed by atoms with Crippen LogP contribution in [0.5, 0.6) is 0 Å². The lowest BCUT2D eigenvalue weighted by Gasteiger charge is -2.36. The highest BCUT2D eigenvalue weighted by Gasteiger charge is 2.52. The van der Waals surface area contributed by atoms with Gasteiger partial charge in [0.05, 0.1) is 6.04 Å².